The number of nitrogens with two attached hydrogens (primary N) is 1. The van der Waals surface area contributed by atoms with E-state index in [0.29, 0.717) is 23.2 Å². The SMILES string of the molecule is COc1cc(CN[C@@H](CCC(N)=O)C(=O)OC(=O)c2ccc(-c3ccc(C(C)C)cc3)cc2)cc(OC)c1OC. The molecule has 3 aromatic rings. The number of rotatable bonds is 13. The molecule has 9 nitrogen and oxygen atoms in total. The van der Waals surface area contributed by atoms with Crippen LogP contribution in [0.25, 0.3) is 11.1 Å². The second kappa shape index (κ2) is 14.1. The molecule has 3 aromatic carbocycles. The second-order valence-electron chi connectivity index (χ2n) is 9.53. The molecule has 0 spiro atoms. The fourth-order valence-corrected chi connectivity index (χ4v) is 4.15. The Balaban J connectivity index is 1.70. The van der Waals surface area contributed by atoms with Crippen LogP contribution in [-0.2, 0) is 20.9 Å². The van der Waals surface area contributed by atoms with Crippen LogP contribution in [0.1, 0.15) is 54.1 Å². The molecule has 212 valence electrons. The molecule has 40 heavy (non-hydrogen) atoms. The minimum atomic E-state index is -0.964. The van der Waals surface area contributed by atoms with Gasteiger partial charge >= 0.3 is 11.9 Å². The van der Waals surface area contributed by atoms with Gasteiger partial charge in [-0.15, -0.1) is 0 Å². The van der Waals surface area contributed by atoms with Crippen LogP contribution in [-0.4, -0.2) is 45.2 Å². The van der Waals surface area contributed by atoms with Crippen molar-refractivity contribution in [3.63, 3.8) is 0 Å². The van der Waals surface area contributed by atoms with E-state index in [1.807, 2.05) is 12.1 Å². The van der Waals surface area contributed by atoms with Gasteiger partial charge in [0.05, 0.1) is 26.9 Å². The molecule has 0 bridgehead atoms. The van der Waals surface area contributed by atoms with Gasteiger partial charge in [0.2, 0.25) is 11.7 Å². The summed E-state index contributed by atoms with van der Waals surface area (Å²) in [7, 11) is 4.51. The fraction of sp³-hybridized carbons (Fsp3) is 0.323. The van der Waals surface area contributed by atoms with E-state index in [4.69, 9.17) is 24.7 Å². The van der Waals surface area contributed by atoms with E-state index in [-0.39, 0.29) is 24.9 Å². The number of primary amides is 1. The first-order chi connectivity index (χ1) is 19.2. The molecule has 0 unspecified atom stereocenters. The summed E-state index contributed by atoms with van der Waals surface area (Å²) in [5.74, 6) is -0.406. The lowest BCUT2D eigenvalue weighted by Crippen LogP contribution is -2.39. The fourth-order valence-electron chi connectivity index (χ4n) is 4.15. The molecule has 0 saturated heterocycles. The molecule has 0 saturated carbocycles. The number of esters is 2. The number of ether oxygens (including phenoxy) is 4. The van der Waals surface area contributed by atoms with Gasteiger partial charge in [0.1, 0.15) is 6.04 Å². The smallest absolute Gasteiger partial charge is 0.345 e. The number of hydrogen-bond acceptors (Lipinski definition) is 8. The molecule has 0 aliphatic rings. The van der Waals surface area contributed by atoms with Crippen LogP contribution in [0.5, 0.6) is 17.2 Å². The van der Waals surface area contributed by atoms with Crippen molar-refractivity contribution in [2.45, 2.75) is 45.2 Å². The average Bonchev–Trinajstić information content (AvgIpc) is 2.96. The summed E-state index contributed by atoms with van der Waals surface area (Å²) in [4.78, 5) is 37.1. The zero-order chi connectivity index (χ0) is 29.2. The average molecular weight is 549 g/mol. The maximum atomic E-state index is 13.0. The van der Waals surface area contributed by atoms with Crippen molar-refractivity contribution in [1.29, 1.82) is 0 Å². The van der Waals surface area contributed by atoms with Gasteiger partial charge in [-0.2, -0.15) is 0 Å². The molecule has 9 heteroatoms. The van der Waals surface area contributed by atoms with Crippen molar-refractivity contribution < 1.29 is 33.3 Å². The van der Waals surface area contributed by atoms with Gasteiger partial charge in [0.25, 0.3) is 0 Å². The molecule has 0 aliphatic heterocycles. The normalized spacial score (nSPS) is 11.6. The molecule has 3 rings (SSSR count). The minimum Gasteiger partial charge on any atom is -0.493 e. The highest BCUT2D eigenvalue weighted by Crippen LogP contribution is 2.38. The Hall–Kier alpha value is -4.37. The number of nitrogens with one attached hydrogen (secondary N) is 1. The van der Waals surface area contributed by atoms with Crippen molar-refractivity contribution >= 4 is 17.8 Å². The van der Waals surface area contributed by atoms with E-state index in [0.717, 1.165) is 16.7 Å². The second-order valence-corrected chi connectivity index (χ2v) is 9.53. The van der Waals surface area contributed by atoms with E-state index in [9.17, 15) is 14.4 Å². The van der Waals surface area contributed by atoms with Gasteiger partial charge in [-0.05, 0) is 58.9 Å². The number of carbonyl (C=O) groups is 3. The Labute approximate surface area is 234 Å². The lowest BCUT2D eigenvalue weighted by Gasteiger charge is -2.18. The summed E-state index contributed by atoms with van der Waals surface area (Å²) < 4.78 is 21.3. The van der Waals surface area contributed by atoms with Crippen LogP contribution in [0.15, 0.2) is 60.7 Å². The molecule has 0 aliphatic carbocycles. The van der Waals surface area contributed by atoms with E-state index < -0.39 is 23.9 Å². The monoisotopic (exact) mass is 548 g/mol. The molecule has 1 atom stereocenters. The Morgan fingerprint density at radius 1 is 0.825 bits per heavy atom. The highest BCUT2D eigenvalue weighted by atomic mass is 16.6. The van der Waals surface area contributed by atoms with E-state index in [2.05, 4.69) is 31.3 Å². The van der Waals surface area contributed by atoms with Gasteiger partial charge in [0, 0.05) is 13.0 Å². The van der Waals surface area contributed by atoms with Crippen LogP contribution in [0.3, 0.4) is 0 Å². The summed E-state index contributed by atoms with van der Waals surface area (Å²) in [6, 6.07) is 17.6. The van der Waals surface area contributed by atoms with Crippen LogP contribution in [0.4, 0.5) is 0 Å². The zero-order valence-corrected chi connectivity index (χ0v) is 23.5. The minimum absolute atomic E-state index is 0.0528. The highest BCUT2D eigenvalue weighted by Gasteiger charge is 2.24. The van der Waals surface area contributed by atoms with E-state index in [1.165, 1.54) is 26.9 Å². The molecule has 3 N–H and O–H groups in total. The van der Waals surface area contributed by atoms with Gasteiger partial charge < -0.3 is 30.0 Å². The lowest BCUT2D eigenvalue weighted by atomic mass is 9.98. The molecule has 0 aromatic heterocycles. The quantitative estimate of drug-likeness (QED) is 0.234. The maximum absolute atomic E-state index is 13.0. The third-order valence-electron chi connectivity index (χ3n) is 6.47. The summed E-state index contributed by atoms with van der Waals surface area (Å²) in [6.45, 7) is 4.46. The first kappa shape index (κ1) is 30.2. The van der Waals surface area contributed by atoms with Crippen LogP contribution in [0, 0.1) is 0 Å². The maximum Gasteiger partial charge on any atom is 0.345 e. The zero-order valence-electron chi connectivity index (χ0n) is 23.5. The molecule has 0 fully saturated rings. The molecular weight excluding hydrogens is 512 g/mol. The van der Waals surface area contributed by atoms with Crippen molar-refractivity contribution in [3.05, 3.63) is 77.4 Å². The topological polar surface area (TPSA) is 126 Å². The van der Waals surface area contributed by atoms with Crippen molar-refractivity contribution in [2.24, 2.45) is 5.73 Å². The third-order valence-corrected chi connectivity index (χ3v) is 6.47. The van der Waals surface area contributed by atoms with Crippen molar-refractivity contribution in [1.82, 2.24) is 5.32 Å². The number of hydrogen-bond donors (Lipinski definition) is 2. The van der Waals surface area contributed by atoms with Crippen LogP contribution >= 0.6 is 0 Å². The highest BCUT2D eigenvalue weighted by molar-refractivity contribution is 5.98. The molecule has 1 amide bonds. The molecular formula is C31H36N2O7. The molecule has 0 heterocycles. The van der Waals surface area contributed by atoms with Gasteiger partial charge in [-0.25, -0.2) is 9.59 Å². The van der Waals surface area contributed by atoms with Crippen LogP contribution in [0.2, 0.25) is 0 Å². The Bertz CT molecular complexity index is 1290. The number of benzene rings is 3. The van der Waals surface area contributed by atoms with E-state index >= 15 is 0 Å². The standard InChI is InChI=1S/C31H36N2O7/c1-19(2)21-6-8-22(9-7-21)23-10-12-24(13-11-23)30(35)40-31(36)25(14-15-28(32)34)33-18-20-16-26(37-3)29(39-5)27(17-20)38-4/h6-13,16-17,19,25,33H,14-15,18H2,1-5H3,(H2,32,34)/t25-/m0/s1. The number of carbonyl (C=O) groups excluding carboxylic acids is 3. The van der Waals surface area contributed by atoms with Crippen molar-refractivity contribution in [2.75, 3.05) is 21.3 Å². The summed E-state index contributed by atoms with van der Waals surface area (Å²) in [6.07, 6.45) is -0.0162. The number of methoxy groups -OCH3 is 3. The molecule has 0 radical (unpaired) electrons. The third kappa shape index (κ3) is 7.83. The van der Waals surface area contributed by atoms with Gasteiger partial charge in [-0.1, -0.05) is 50.2 Å². The van der Waals surface area contributed by atoms with Gasteiger partial charge in [0.15, 0.2) is 11.5 Å². The van der Waals surface area contributed by atoms with Gasteiger partial charge in [-0.3, -0.25) is 4.79 Å². The number of amides is 1. The Morgan fingerprint density at radius 2 is 1.38 bits per heavy atom. The summed E-state index contributed by atoms with van der Waals surface area (Å²) >= 11 is 0. The first-order valence-electron chi connectivity index (χ1n) is 12.9. The predicted molar refractivity (Wildman–Crippen MR) is 152 cm³/mol. The van der Waals surface area contributed by atoms with Crippen LogP contribution < -0.4 is 25.3 Å². The van der Waals surface area contributed by atoms with Crippen molar-refractivity contribution in [3.8, 4) is 28.4 Å². The summed E-state index contributed by atoms with van der Waals surface area (Å²) in [5, 5.41) is 3.04. The summed E-state index contributed by atoms with van der Waals surface area (Å²) in [5.41, 5.74) is 9.44. The lowest BCUT2D eigenvalue weighted by molar-refractivity contribution is -0.140. The first-order valence-corrected chi connectivity index (χ1v) is 12.9. The Morgan fingerprint density at radius 3 is 1.85 bits per heavy atom. The predicted octanol–water partition coefficient (Wildman–Crippen LogP) is 4.61. The Kier molecular flexibility index (Phi) is 10.7. The largest absolute Gasteiger partial charge is 0.493 e. The van der Waals surface area contributed by atoms with E-state index in [1.54, 1.807) is 36.4 Å².